The van der Waals surface area contributed by atoms with Gasteiger partial charge in [0.2, 0.25) is 5.91 Å². The molecule has 0 aliphatic rings. The largest absolute Gasteiger partial charge is 0.372 e. The van der Waals surface area contributed by atoms with Crippen molar-refractivity contribution in [3.63, 3.8) is 0 Å². The number of likely N-dealkylation sites (N-methyl/N-ethyl adjacent to an activating group) is 1. The summed E-state index contributed by atoms with van der Waals surface area (Å²) in [6, 6.07) is 10.4. The summed E-state index contributed by atoms with van der Waals surface area (Å²) in [5.41, 5.74) is 1.25. The summed E-state index contributed by atoms with van der Waals surface area (Å²) < 4.78 is 0. The van der Waals surface area contributed by atoms with Crippen molar-refractivity contribution in [1.29, 1.82) is 0 Å². The van der Waals surface area contributed by atoms with Crippen LogP contribution in [0.4, 0.5) is 5.69 Å². The van der Waals surface area contributed by atoms with Crippen LogP contribution in [0, 0.1) is 0 Å². The molecule has 0 radical (unpaired) electrons. The first-order chi connectivity index (χ1) is 11.6. The van der Waals surface area contributed by atoms with Crippen molar-refractivity contribution in [3.8, 4) is 0 Å². The third-order valence-electron chi connectivity index (χ3n) is 3.62. The minimum Gasteiger partial charge on any atom is -0.372 e. The van der Waals surface area contributed by atoms with E-state index in [2.05, 4.69) is 51.7 Å². The molecule has 6 heteroatoms. The van der Waals surface area contributed by atoms with Crippen LogP contribution >= 0.6 is 0 Å². The van der Waals surface area contributed by atoms with E-state index in [9.17, 15) is 4.79 Å². The number of aliphatic imine (C=N–C) groups is 1. The van der Waals surface area contributed by atoms with Crippen molar-refractivity contribution >= 4 is 17.6 Å². The smallest absolute Gasteiger partial charge is 0.243 e. The Hall–Kier alpha value is -2.24. The highest BCUT2D eigenvalue weighted by Gasteiger charge is 2.05. The summed E-state index contributed by atoms with van der Waals surface area (Å²) in [6.45, 7) is 7.88. The summed E-state index contributed by atoms with van der Waals surface area (Å²) in [5, 5.41) is 6.45. The normalized spacial score (nSPS) is 11.1. The molecule has 1 rings (SSSR count). The average Bonchev–Trinajstić information content (AvgIpc) is 2.59. The van der Waals surface area contributed by atoms with Gasteiger partial charge in [-0.05, 0) is 32.4 Å². The van der Waals surface area contributed by atoms with Gasteiger partial charge in [0, 0.05) is 46.0 Å². The number of amides is 1. The maximum absolute atomic E-state index is 11.6. The topological polar surface area (TPSA) is 60.0 Å². The zero-order chi connectivity index (χ0) is 17.8. The van der Waals surface area contributed by atoms with E-state index in [1.807, 2.05) is 13.0 Å². The molecular weight excluding hydrogens is 302 g/mol. The Morgan fingerprint density at radius 3 is 2.42 bits per heavy atom. The van der Waals surface area contributed by atoms with Crippen molar-refractivity contribution in [2.24, 2.45) is 4.99 Å². The second-order valence-electron chi connectivity index (χ2n) is 5.68. The SMILES string of the molecule is CCNC(=NCC(=O)N(C)C)NCCCN(CC)c1ccccc1. The lowest BCUT2D eigenvalue weighted by molar-refractivity contribution is -0.127. The number of hydrogen-bond donors (Lipinski definition) is 2. The van der Waals surface area contributed by atoms with Gasteiger partial charge < -0.3 is 20.4 Å². The average molecular weight is 333 g/mol. The lowest BCUT2D eigenvalue weighted by Crippen LogP contribution is -2.39. The van der Waals surface area contributed by atoms with Gasteiger partial charge >= 0.3 is 0 Å². The summed E-state index contributed by atoms with van der Waals surface area (Å²) >= 11 is 0. The van der Waals surface area contributed by atoms with Crippen LogP contribution in [0.2, 0.25) is 0 Å². The molecule has 0 bridgehead atoms. The molecule has 0 aromatic heterocycles. The van der Waals surface area contributed by atoms with Gasteiger partial charge in [-0.2, -0.15) is 0 Å². The van der Waals surface area contributed by atoms with E-state index in [1.54, 1.807) is 19.0 Å². The number of nitrogens with zero attached hydrogens (tertiary/aromatic N) is 3. The predicted octanol–water partition coefficient (Wildman–Crippen LogP) is 1.55. The summed E-state index contributed by atoms with van der Waals surface area (Å²) in [5.74, 6) is 0.684. The van der Waals surface area contributed by atoms with Gasteiger partial charge in [-0.25, -0.2) is 4.99 Å². The quantitative estimate of drug-likeness (QED) is 0.409. The maximum Gasteiger partial charge on any atom is 0.243 e. The zero-order valence-electron chi connectivity index (χ0n) is 15.4. The highest BCUT2D eigenvalue weighted by Crippen LogP contribution is 2.12. The van der Waals surface area contributed by atoms with Crippen LogP contribution in [0.15, 0.2) is 35.3 Å². The Kier molecular flexibility index (Phi) is 9.34. The Morgan fingerprint density at radius 2 is 1.83 bits per heavy atom. The molecule has 0 saturated carbocycles. The van der Waals surface area contributed by atoms with Gasteiger partial charge in [0.25, 0.3) is 0 Å². The van der Waals surface area contributed by atoms with Crippen LogP contribution in [0.1, 0.15) is 20.3 Å². The van der Waals surface area contributed by atoms with Crippen LogP contribution in [0.5, 0.6) is 0 Å². The second-order valence-corrected chi connectivity index (χ2v) is 5.68. The van der Waals surface area contributed by atoms with Gasteiger partial charge in [-0.15, -0.1) is 0 Å². The zero-order valence-corrected chi connectivity index (χ0v) is 15.4. The van der Waals surface area contributed by atoms with Crippen molar-refractivity contribution in [1.82, 2.24) is 15.5 Å². The fourth-order valence-electron chi connectivity index (χ4n) is 2.22. The fourth-order valence-corrected chi connectivity index (χ4v) is 2.22. The minimum atomic E-state index is -0.00608. The van der Waals surface area contributed by atoms with Gasteiger partial charge in [0.1, 0.15) is 6.54 Å². The van der Waals surface area contributed by atoms with Crippen LogP contribution < -0.4 is 15.5 Å². The molecule has 6 nitrogen and oxygen atoms in total. The third kappa shape index (κ3) is 7.35. The lowest BCUT2D eigenvalue weighted by atomic mass is 10.2. The number of carbonyl (C=O) groups excluding carboxylic acids is 1. The van der Waals surface area contributed by atoms with Gasteiger partial charge in [0.15, 0.2) is 5.96 Å². The Balaban J connectivity index is 2.41. The molecule has 2 N–H and O–H groups in total. The van der Waals surface area contributed by atoms with Gasteiger partial charge in [0.05, 0.1) is 0 Å². The molecule has 1 amide bonds. The highest BCUT2D eigenvalue weighted by atomic mass is 16.2. The molecule has 24 heavy (non-hydrogen) atoms. The lowest BCUT2D eigenvalue weighted by Gasteiger charge is -2.23. The number of hydrogen-bond acceptors (Lipinski definition) is 3. The van der Waals surface area contributed by atoms with E-state index in [-0.39, 0.29) is 12.5 Å². The molecule has 0 spiro atoms. The third-order valence-corrected chi connectivity index (χ3v) is 3.62. The first-order valence-electron chi connectivity index (χ1n) is 8.60. The molecular formula is C18H31N5O. The predicted molar refractivity (Wildman–Crippen MR) is 102 cm³/mol. The van der Waals surface area contributed by atoms with Crippen LogP contribution in [0.25, 0.3) is 0 Å². The minimum absolute atomic E-state index is 0.00608. The Labute approximate surface area is 145 Å². The number of anilines is 1. The van der Waals surface area contributed by atoms with E-state index < -0.39 is 0 Å². The van der Waals surface area contributed by atoms with Crippen LogP contribution in [-0.2, 0) is 4.79 Å². The standard InChI is InChI=1S/C18H31N5O/c1-5-19-18(21-15-17(24)22(3)4)20-13-10-14-23(6-2)16-11-8-7-9-12-16/h7-9,11-12H,5-6,10,13-15H2,1-4H3,(H2,19,20,21). The van der Waals surface area contributed by atoms with Crippen LogP contribution in [-0.4, -0.2) is 63.6 Å². The van der Waals surface area contributed by atoms with Crippen molar-refractivity contribution < 1.29 is 4.79 Å². The van der Waals surface area contributed by atoms with E-state index in [0.29, 0.717) is 5.96 Å². The van der Waals surface area contributed by atoms with Crippen LogP contribution in [0.3, 0.4) is 0 Å². The number of para-hydroxylation sites is 1. The molecule has 134 valence electrons. The molecule has 0 aliphatic heterocycles. The monoisotopic (exact) mass is 333 g/mol. The number of nitrogens with one attached hydrogen (secondary N) is 2. The van der Waals surface area contributed by atoms with E-state index in [0.717, 1.165) is 32.6 Å². The molecule has 0 aliphatic carbocycles. The Morgan fingerprint density at radius 1 is 1.12 bits per heavy atom. The number of carbonyl (C=O) groups is 1. The summed E-state index contributed by atoms with van der Waals surface area (Å²) in [4.78, 5) is 19.8. The van der Waals surface area contributed by atoms with Crippen molar-refractivity contribution in [3.05, 3.63) is 30.3 Å². The Bertz CT molecular complexity index is 501. The first-order valence-corrected chi connectivity index (χ1v) is 8.60. The number of guanidine groups is 1. The summed E-state index contributed by atoms with van der Waals surface area (Å²) in [6.07, 6.45) is 0.995. The molecule has 0 fully saturated rings. The van der Waals surface area contributed by atoms with E-state index in [4.69, 9.17) is 0 Å². The fraction of sp³-hybridized carbons (Fsp3) is 0.556. The molecule has 1 aromatic rings. The molecule has 0 heterocycles. The number of benzene rings is 1. The maximum atomic E-state index is 11.6. The van der Waals surface area contributed by atoms with Gasteiger partial charge in [-0.3, -0.25) is 4.79 Å². The van der Waals surface area contributed by atoms with Crippen molar-refractivity contribution in [2.45, 2.75) is 20.3 Å². The number of rotatable bonds is 9. The first kappa shape index (κ1) is 19.8. The molecule has 0 unspecified atom stereocenters. The molecule has 0 saturated heterocycles. The van der Waals surface area contributed by atoms with Gasteiger partial charge in [-0.1, -0.05) is 18.2 Å². The van der Waals surface area contributed by atoms with E-state index >= 15 is 0 Å². The van der Waals surface area contributed by atoms with Crippen molar-refractivity contribution in [2.75, 3.05) is 51.7 Å². The molecule has 1 aromatic carbocycles. The second kappa shape index (κ2) is 11.3. The molecule has 0 atom stereocenters. The summed E-state index contributed by atoms with van der Waals surface area (Å²) in [7, 11) is 3.47. The highest BCUT2D eigenvalue weighted by molar-refractivity contribution is 5.84. The van der Waals surface area contributed by atoms with E-state index in [1.165, 1.54) is 5.69 Å².